The smallest absolute Gasteiger partial charge is 0.269 e. The molecule has 1 fully saturated rings. The van der Waals surface area contributed by atoms with Gasteiger partial charge in [0.15, 0.2) is 0 Å². The van der Waals surface area contributed by atoms with Crippen molar-refractivity contribution in [2.75, 3.05) is 31.1 Å². The molecule has 1 aliphatic heterocycles. The molecule has 1 amide bonds. The van der Waals surface area contributed by atoms with Crippen molar-refractivity contribution >= 4 is 28.7 Å². The maximum Gasteiger partial charge on any atom is 0.269 e. The zero-order valence-electron chi connectivity index (χ0n) is 19.7. The van der Waals surface area contributed by atoms with Gasteiger partial charge < -0.3 is 9.80 Å². The number of amides is 1. The highest BCUT2D eigenvalue weighted by molar-refractivity contribution is 7.12. The third-order valence-corrected chi connectivity index (χ3v) is 7.25. The molecule has 0 radical (unpaired) electrons. The zero-order valence-corrected chi connectivity index (χ0v) is 20.5. The highest BCUT2D eigenvalue weighted by Crippen LogP contribution is 2.28. The predicted octanol–water partition coefficient (Wildman–Crippen LogP) is 4.82. The molecular formula is C25H29N5O3S. The maximum atomic E-state index is 12.8. The Bertz CT molecular complexity index is 1160. The first kappa shape index (κ1) is 23.8. The van der Waals surface area contributed by atoms with Crippen LogP contribution in [0.4, 0.5) is 11.5 Å². The van der Waals surface area contributed by atoms with Crippen molar-refractivity contribution in [2.24, 2.45) is 0 Å². The average molecular weight is 480 g/mol. The lowest BCUT2D eigenvalue weighted by atomic mass is 10.0. The number of rotatable bonds is 7. The number of anilines is 1. The minimum atomic E-state index is -0.387. The van der Waals surface area contributed by atoms with Gasteiger partial charge >= 0.3 is 0 Å². The Kier molecular flexibility index (Phi) is 7.21. The molecule has 0 saturated carbocycles. The quantitative estimate of drug-likeness (QED) is 0.356. The summed E-state index contributed by atoms with van der Waals surface area (Å²) in [6, 6.07) is 10.4. The van der Waals surface area contributed by atoms with Crippen LogP contribution < -0.4 is 4.90 Å². The van der Waals surface area contributed by atoms with Crippen molar-refractivity contribution in [1.82, 2.24) is 14.9 Å². The van der Waals surface area contributed by atoms with E-state index in [-0.39, 0.29) is 22.4 Å². The van der Waals surface area contributed by atoms with Gasteiger partial charge in [0, 0.05) is 61.9 Å². The molecule has 1 saturated heterocycles. The van der Waals surface area contributed by atoms with Gasteiger partial charge in [0.2, 0.25) is 0 Å². The second-order valence-corrected chi connectivity index (χ2v) is 9.58. The summed E-state index contributed by atoms with van der Waals surface area (Å²) in [7, 11) is 0. The molecule has 0 spiro atoms. The van der Waals surface area contributed by atoms with Crippen molar-refractivity contribution in [3.8, 4) is 0 Å². The van der Waals surface area contributed by atoms with Crippen LogP contribution in [0.25, 0.3) is 0 Å². The van der Waals surface area contributed by atoms with E-state index in [0.717, 1.165) is 39.8 Å². The highest BCUT2D eigenvalue weighted by atomic mass is 32.1. The number of hydrogen-bond acceptors (Lipinski definition) is 7. The molecule has 1 aromatic carbocycles. The van der Waals surface area contributed by atoms with Gasteiger partial charge in [-0.3, -0.25) is 14.9 Å². The van der Waals surface area contributed by atoms with E-state index in [1.54, 1.807) is 12.1 Å². The second-order valence-electron chi connectivity index (χ2n) is 8.64. The van der Waals surface area contributed by atoms with E-state index in [4.69, 9.17) is 9.97 Å². The van der Waals surface area contributed by atoms with Crippen molar-refractivity contribution in [1.29, 1.82) is 0 Å². The summed E-state index contributed by atoms with van der Waals surface area (Å²) >= 11 is 1.47. The molecule has 0 bridgehead atoms. The van der Waals surface area contributed by atoms with Crippen LogP contribution in [-0.4, -0.2) is 51.9 Å². The molecule has 0 N–H and O–H groups in total. The SMILES string of the molecule is CC[C@@H](C)c1nc(C)c(Cc2ccc([N+](=O)[O-])cc2)c(N2CCN(C(=O)c3cccs3)CC2)n1. The predicted molar refractivity (Wildman–Crippen MR) is 134 cm³/mol. The average Bonchev–Trinajstić information content (AvgIpc) is 3.39. The summed E-state index contributed by atoms with van der Waals surface area (Å²) in [6.07, 6.45) is 1.54. The van der Waals surface area contributed by atoms with Gasteiger partial charge in [-0.05, 0) is 30.4 Å². The number of carbonyl (C=O) groups is 1. The number of piperazine rings is 1. The molecule has 1 atom stereocenters. The van der Waals surface area contributed by atoms with Gasteiger partial charge in [-0.25, -0.2) is 9.97 Å². The molecule has 0 aliphatic carbocycles. The highest BCUT2D eigenvalue weighted by Gasteiger charge is 2.26. The Hall–Kier alpha value is -3.33. The molecule has 3 heterocycles. The van der Waals surface area contributed by atoms with Crippen LogP contribution in [0.15, 0.2) is 41.8 Å². The molecular weight excluding hydrogens is 450 g/mol. The molecule has 34 heavy (non-hydrogen) atoms. The first-order chi connectivity index (χ1) is 16.4. The first-order valence-corrected chi connectivity index (χ1v) is 12.4. The Morgan fingerprint density at radius 2 is 1.85 bits per heavy atom. The van der Waals surface area contributed by atoms with E-state index >= 15 is 0 Å². The molecule has 4 rings (SSSR count). The monoisotopic (exact) mass is 479 g/mol. The van der Waals surface area contributed by atoms with Crippen LogP contribution in [-0.2, 0) is 6.42 Å². The first-order valence-electron chi connectivity index (χ1n) is 11.6. The van der Waals surface area contributed by atoms with Gasteiger partial charge in [-0.2, -0.15) is 0 Å². The Balaban J connectivity index is 1.60. The van der Waals surface area contributed by atoms with E-state index in [2.05, 4.69) is 18.7 Å². The molecule has 8 nitrogen and oxygen atoms in total. The minimum Gasteiger partial charge on any atom is -0.353 e. The number of hydrogen-bond donors (Lipinski definition) is 0. The lowest BCUT2D eigenvalue weighted by molar-refractivity contribution is -0.384. The van der Waals surface area contributed by atoms with Crippen LogP contribution in [0, 0.1) is 17.0 Å². The Morgan fingerprint density at radius 3 is 2.44 bits per heavy atom. The number of thiophene rings is 1. The van der Waals surface area contributed by atoms with E-state index < -0.39 is 0 Å². The Morgan fingerprint density at radius 1 is 1.15 bits per heavy atom. The second kappa shape index (κ2) is 10.3. The summed E-state index contributed by atoms with van der Waals surface area (Å²) in [5.74, 6) is 2.07. The van der Waals surface area contributed by atoms with E-state index in [9.17, 15) is 14.9 Å². The molecule has 3 aromatic rings. The third-order valence-electron chi connectivity index (χ3n) is 6.39. The van der Waals surface area contributed by atoms with Crippen LogP contribution in [0.3, 0.4) is 0 Å². The fourth-order valence-electron chi connectivity index (χ4n) is 4.09. The Labute approximate surface area is 203 Å². The van der Waals surface area contributed by atoms with Gasteiger partial charge in [-0.1, -0.05) is 32.0 Å². The van der Waals surface area contributed by atoms with Gasteiger partial charge in [0.05, 0.1) is 9.80 Å². The zero-order chi connectivity index (χ0) is 24.2. The minimum absolute atomic E-state index is 0.0793. The number of aromatic nitrogens is 2. The van der Waals surface area contributed by atoms with Gasteiger partial charge in [-0.15, -0.1) is 11.3 Å². The molecule has 1 aliphatic rings. The fraction of sp³-hybridized carbons (Fsp3) is 0.400. The topological polar surface area (TPSA) is 92.5 Å². The number of nitro groups is 1. The maximum absolute atomic E-state index is 12.8. The number of carbonyl (C=O) groups excluding carboxylic acids is 1. The normalized spacial score (nSPS) is 14.8. The van der Waals surface area contributed by atoms with Crippen molar-refractivity contribution in [3.05, 3.63) is 79.4 Å². The molecule has 178 valence electrons. The molecule has 0 unspecified atom stereocenters. The number of benzene rings is 1. The molecule has 2 aromatic heterocycles. The summed E-state index contributed by atoms with van der Waals surface area (Å²) in [4.78, 5) is 38.1. The van der Waals surface area contributed by atoms with Crippen molar-refractivity contribution < 1.29 is 9.72 Å². The van der Waals surface area contributed by atoms with Crippen molar-refractivity contribution in [2.45, 2.75) is 39.5 Å². The van der Waals surface area contributed by atoms with Crippen LogP contribution in [0.2, 0.25) is 0 Å². The van der Waals surface area contributed by atoms with Gasteiger partial charge in [0.25, 0.3) is 11.6 Å². The number of aryl methyl sites for hydroxylation is 1. The largest absolute Gasteiger partial charge is 0.353 e. The van der Waals surface area contributed by atoms with Crippen LogP contribution >= 0.6 is 11.3 Å². The fourth-order valence-corrected chi connectivity index (χ4v) is 4.78. The summed E-state index contributed by atoms with van der Waals surface area (Å²) < 4.78 is 0. The summed E-state index contributed by atoms with van der Waals surface area (Å²) in [6.45, 7) is 8.93. The number of non-ortho nitro benzene ring substituents is 1. The summed E-state index contributed by atoms with van der Waals surface area (Å²) in [5.41, 5.74) is 3.01. The van der Waals surface area contributed by atoms with E-state index in [1.165, 1.54) is 23.5 Å². The van der Waals surface area contributed by atoms with Crippen LogP contribution in [0.1, 0.15) is 58.5 Å². The molecule has 9 heteroatoms. The van der Waals surface area contributed by atoms with Crippen LogP contribution in [0.5, 0.6) is 0 Å². The lowest BCUT2D eigenvalue weighted by Crippen LogP contribution is -2.49. The third kappa shape index (κ3) is 5.09. The lowest BCUT2D eigenvalue weighted by Gasteiger charge is -2.36. The number of nitro benzene ring substituents is 1. The summed E-state index contributed by atoms with van der Waals surface area (Å²) in [5, 5.41) is 12.9. The van der Waals surface area contributed by atoms with E-state index in [1.807, 2.05) is 29.3 Å². The standard InChI is InChI=1S/C25H29N5O3S/c1-4-17(2)23-26-18(3)21(16-19-7-9-20(10-8-19)30(32)33)24(27-23)28-11-13-29(14-12-28)25(31)22-6-5-15-34-22/h5-10,15,17H,4,11-14,16H2,1-3H3/t17-/m1/s1. The number of nitrogens with zero attached hydrogens (tertiary/aromatic N) is 5. The van der Waals surface area contributed by atoms with Gasteiger partial charge in [0.1, 0.15) is 11.6 Å². The van der Waals surface area contributed by atoms with E-state index in [0.29, 0.717) is 32.6 Å². The van der Waals surface area contributed by atoms with Crippen molar-refractivity contribution in [3.63, 3.8) is 0 Å².